The minimum atomic E-state index is 0.111. The van der Waals surface area contributed by atoms with Crippen molar-refractivity contribution in [1.29, 1.82) is 0 Å². The van der Waals surface area contributed by atoms with Gasteiger partial charge in [-0.25, -0.2) is 0 Å². The maximum absolute atomic E-state index is 8.58. The monoisotopic (exact) mass is 259 g/mol. The average Bonchev–Trinajstić information content (AvgIpc) is 2.39. The molecule has 1 saturated carbocycles. The molecule has 1 aliphatic carbocycles. The van der Waals surface area contributed by atoms with Crippen LogP contribution >= 0.6 is 0 Å². The van der Waals surface area contributed by atoms with E-state index in [0.717, 1.165) is 39.0 Å². The summed E-state index contributed by atoms with van der Waals surface area (Å²) in [7, 11) is 0. The Morgan fingerprint density at radius 2 is 2.11 bits per heavy atom. The summed E-state index contributed by atoms with van der Waals surface area (Å²) in [5, 5.41) is 12.2. The lowest BCUT2D eigenvalue weighted by molar-refractivity contribution is -0.125. The summed E-state index contributed by atoms with van der Waals surface area (Å²) in [6.45, 7) is 9.68. The molecular weight excluding hydrogens is 230 g/mol. The zero-order valence-corrected chi connectivity index (χ0v) is 12.1. The molecule has 0 aromatic heterocycles. The first-order valence-corrected chi connectivity index (χ1v) is 7.22. The van der Waals surface area contributed by atoms with Crippen LogP contribution < -0.4 is 5.32 Å². The van der Waals surface area contributed by atoms with Gasteiger partial charge in [-0.1, -0.05) is 13.8 Å². The summed E-state index contributed by atoms with van der Waals surface area (Å²) < 4.78 is 11.0. The van der Waals surface area contributed by atoms with E-state index in [9.17, 15) is 0 Å². The minimum absolute atomic E-state index is 0.111. The molecule has 4 heteroatoms. The minimum Gasteiger partial charge on any atom is -0.394 e. The first kappa shape index (κ1) is 15.9. The zero-order chi connectivity index (χ0) is 13.4. The van der Waals surface area contributed by atoms with E-state index < -0.39 is 0 Å². The maximum atomic E-state index is 8.58. The number of aliphatic hydroxyl groups excluding tert-OH is 1. The highest BCUT2D eigenvalue weighted by Crippen LogP contribution is 2.45. The van der Waals surface area contributed by atoms with E-state index in [2.05, 4.69) is 26.1 Å². The Bertz CT molecular complexity index is 225. The van der Waals surface area contributed by atoms with Crippen LogP contribution in [0.25, 0.3) is 0 Å². The molecule has 3 unspecified atom stereocenters. The normalized spacial score (nSPS) is 31.3. The second-order valence-electron chi connectivity index (χ2n) is 5.24. The highest BCUT2D eigenvalue weighted by molar-refractivity contribution is 5.04. The SMILES string of the molecule is CCOC1CC(NCCCOCCO)C1(C)CC. The van der Waals surface area contributed by atoms with Crippen molar-refractivity contribution in [2.24, 2.45) is 5.41 Å². The molecule has 0 heterocycles. The quantitative estimate of drug-likeness (QED) is 0.585. The Labute approximate surface area is 111 Å². The summed E-state index contributed by atoms with van der Waals surface area (Å²) in [5.41, 5.74) is 0.280. The molecule has 0 aromatic rings. The third-order valence-electron chi connectivity index (χ3n) is 4.20. The van der Waals surface area contributed by atoms with Crippen molar-refractivity contribution >= 4 is 0 Å². The number of aliphatic hydroxyl groups is 1. The van der Waals surface area contributed by atoms with Crippen LogP contribution in [0, 0.1) is 5.41 Å². The molecule has 1 rings (SSSR count). The molecule has 1 aliphatic rings. The van der Waals surface area contributed by atoms with E-state index in [1.807, 2.05) is 0 Å². The van der Waals surface area contributed by atoms with Gasteiger partial charge in [0, 0.05) is 24.7 Å². The molecule has 0 radical (unpaired) electrons. The van der Waals surface area contributed by atoms with Crippen molar-refractivity contribution in [1.82, 2.24) is 5.32 Å². The van der Waals surface area contributed by atoms with Crippen LogP contribution in [-0.4, -0.2) is 50.2 Å². The molecule has 1 fully saturated rings. The summed E-state index contributed by atoms with van der Waals surface area (Å²) >= 11 is 0. The van der Waals surface area contributed by atoms with Gasteiger partial charge in [-0.05, 0) is 32.7 Å². The summed E-state index contributed by atoms with van der Waals surface area (Å²) in [6, 6.07) is 0.567. The molecule has 0 bridgehead atoms. The van der Waals surface area contributed by atoms with Crippen LogP contribution in [0.3, 0.4) is 0 Å². The van der Waals surface area contributed by atoms with Crippen LogP contribution in [0.1, 0.15) is 40.0 Å². The number of rotatable bonds is 10. The number of hydrogen-bond donors (Lipinski definition) is 2. The third-order valence-corrected chi connectivity index (χ3v) is 4.20. The molecule has 0 aromatic carbocycles. The Hall–Kier alpha value is -0.160. The van der Waals surface area contributed by atoms with Gasteiger partial charge >= 0.3 is 0 Å². The van der Waals surface area contributed by atoms with Crippen LogP contribution in [0.2, 0.25) is 0 Å². The maximum Gasteiger partial charge on any atom is 0.0697 e. The van der Waals surface area contributed by atoms with E-state index in [4.69, 9.17) is 14.6 Å². The van der Waals surface area contributed by atoms with Crippen molar-refractivity contribution in [3.05, 3.63) is 0 Å². The van der Waals surface area contributed by atoms with E-state index in [1.54, 1.807) is 0 Å². The van der Waals surface area contributed by atoms with Crippen molar-refractivity contribution < 1.29 is 14.6 Å². The summed E-state index contributed by atoms with van der Waals surface area (Å²) in [5.74, 6) is 0. The Morgan fingerprint density at radius 1 is 1.33 bits per heavy atom. The topological polar surface area (TPSA) is 50.7 Å². The van der Waals surface area contributed by atoms with Gasteiger partial charge < -0.3 is 19.9 Å². The van der Waals surface area contributed by atoms with Gasteiger partial charge in [0.1, 0.15) is 0 Å². The molecule has 0 spiro atoms. The van der Waals surface area contributed by atoms with Crippen molar-refractivity contribution in [3.8, 4) is 0 Å². The molecule has 0 amide bonds. The Kier molecular flexibility index (Phi) is 7.15. The van der Waals surface area contributed by atoms with Gasteiger partial charge in [0.2, 0.25) is 0 Å². The second kappa shape index (κ2) is 8.10. The first-order chi connectivity index (χ1) is 8.69. The predicted octanol–water partition coefficient (Wildman–Crippen LogP) is 1.57. The lowest BCUT2D eigenvalue weighted by atomic mass is 9.61. The van der Waals surface area contributed by atoms with Crippen LogP contribution in [0.5, 0.6) is 0 Å². The second-order valence-corrected chi connectivity index (χ2v) is 5.24. The van der Waals surface area contributed by atoms with E-state index in [0.29, 0.717) is 18.8 Å². The lowest BCUT2D eigenvalue weighted by Crippen LogP contribution is -2.62. The Balaban J connectivity index is 2.15. The zero-order valence-electron chi connectivity index (χ0n) is 12.1. The molecular formula is C14H29NO3. The average molecular weight is 259 g/mol. The fourth-order valence-corrected chi connectivity index (χ4v) is 2.68. The number of nitrogens with one attached hydrogen (secondary N) is 1. The van der Waals surface area contributed by atoms with Crippen molar-refractivity contribution in [2.45, 2.75) is 52.2 Å². The molecule has 3 atom stereocenters. The van der Waals surface area contributed by atoms with Gasteiger partial charge in [-0.15, -0.1) is 0 Å². The molecule has 2 N–H and O–H groups in total. The van der Waals surface area contributed by atoms with E-state index in [1.165, 1.54) is 0 Å². The van der Waals surface area contributed by atoms with Crippen LogP contribution in [0.4, 0.5) is 0 Å². The third kappa shape index (κ3) is 3.92. The predicted molar refractivity (Wildman–Crippen MR) is 72.7 cm³/mol. The molecule has 18 heavy (non-hydrogen) atoms. The fraction of sp³-hybridized carbons (Fsp3) is 1.00. The van der Waals surface area contributed by atoms with Crippen molar-refractivity contribution in [3.63, 3.8) is 0 Å². The van der Waals surface area contributed by atoms with Gasteiger partial charge in [0.15, 0.2) is 0 Å². The van der Waals surface area contributed by atoms with E-state index in [-0.39, 0.29) is 12.0 Å². The van der Waals surface area contributed by atoms with Gasteiger partial charge in [0.25, 0.3) is 0 Å². The van der Waals surface area contributed by atoms with Gasteiger partial charge in [-0.2, -0.15) is 0 Å². The molecule has 0 aliphatic heterocycles. The van der Waals surface area contributed by atoms with Crippen LogP contribution in [-0.2, 0) is 9.47 Å². The van der Waals surface area contributed by atoms with E-state index >= 15 is 0 Å². The largest absolute Gasteiger partial charge is 0.394 e. The smallest absolute Gasteiger partial charge is 0.0697 e. The summed E-state index contributed by atoms with van der Waals surface area (Å²) in [6.07, 6.45) is 3.68. The standard InChI is InChI=1S/C14H29NO3/c1-4-14(3)12(11-13(14)18-5-2)15-7-6-9-17-10-8-16/h12-13,15-16H,4-11H2,1-3H3. The number of hydrogen-bond acceptors (Lipinski definition) is 4. The highest BCUT2D eigenvalue weighted by Gasteiger charge is 2.50. The van der Waals surface area contributed by atoms with Gasteiger partial charge in [-0.3, -0.25) is 0 Å². The highest BCUT2D eigenvalue weighted by atomic mass is 16.5. The fourth-order valence-electron chi connectivity index (χ4n) is 2.68. The molecule has 4 nitrogen and oxygen atoms in total. The first-order valence-electron chi connectivity index (χ1n) is 7.22. The van der Waals surface area contributed by atoms with Crippen LogP contribution in [0.15, 0.2) is 0 Å². The number of ether oxygens (including phenoxy) is 2. The Morgan fingerprint density at radius 3 is 2.72 bits per heavy atom. The molecule has 0 saturated heterocycles. The lowest BCUT2D eigenvalue weighted by Gasteiger charge is -2.53. The van der Waals surface area contributed by atoms with Crippen molar-refractivity contribution in [2.75, 3.05) is 33.0 Å². The van der Waals surface area contributed by atoms with Gasteiger partial charge in [0.05, 0.1) is 19.3 Å². The molecule has 108 valence electrons. The summed E-state index contributed by atoms with van der Waals surface area (Å²) in [4.78, 5) is 0.